The summed E-state index contributed by atoms with van der Waals surface area (Å²) in [6, 6.07) is -2.39. The van der Waals surface area contributed by atoms with Gasteiger partial charge in [-0.2, -0.15) is 0 Å². The molecule has 0 heterocycles. The van der Waals surface area contributed by atoms with Gasteiger partial charge in [0.2, 0.25) is 5.91 Å². The number of hydrogen-bond donors (Lipinski definition) is 1. The molecule has 0 spiro atoms. The van der Waals surface area contributed by atoms with Crippen molar-refractivity contribution in [2.45, 2.75) is 83.8 Å². The number of likely N-dealkylation sites (N-methyl/N-ethyl adjacent to an activating group) is 1. The smallest absolute Gasteiger partial charge is 0.329 e. The third kappa shape index (κ3) is 13.2. The minimum absolute atomic E-state index is 0.0412. The van der Waals surface area contributed by atoms with Crippen LogP contribution in [0.4, 0.5) is 0 Å². The van der Waals surface area contributed by atoms with Gasteiger partial charge in [0.1, 0.15) is 12.1 Å². The lowest BCUT2D eigenvalue weighted by molar-refractivity contribution is -0.757. The molecule has 0 aromatic carbocycles. The molecule has 0 radical (unpaired) electrons. The van der Waals surface area contributed by atoms with E-state index in [0.29, 0.717) is 32.1 Å². The van der Waals surface area contributed by atoms with Crippen molar-refractivity contribution in [2.24, 2.45) is 0 Å². The minimum Gasteiger partial charge on any atom is -0.465 e. The van der Waals surface area contributed by atoms with E-state index in [1.165, 1.54) is 4.90 Å². The second-order valence-electron chi connectivity index (χ2n) is 10.2. The van der Waals surface area contributed by atoms with Gasteiger partial charge in [-0.3, -0.25) is 14.9 Å². The molecule has 236 valence electrons. The van der Waals surface area contributed by atoms with Crippen LogP contribution in [-0.2, 0) is 28.7 Å². The first-order chi connectivity index (χ1) is 20.8. The van der Waals surface area contributed by atoms with E-state index in [1.807, 2.05) is 48.6 Å². The molecule has 2 aliphatic rings. The first-order valence-corrected chi connectivity index (χ1v) is 15.0. The first-order valence-electron chi connectivity index (χ1n) is 15.0. The summed E-state index contributed by atoms with van der Waals surface area (Å²) in [7, 11) is 0. The van der Waals surface area contributed by atoms with Crippen LogP contribution < -0.4 is 5.32 Å². The molecule has 43 heavy (non-hydrogen) atoms. The molecule has 11 nitrogen and oxygen atoms in total. The van der Waals surface area contributed by atoms with Gasteiger partial charge in [-0.05, 0) is 59.3 Å². The van der Waals surface area contributed by atoms with Crippen LogP contribution in [0.5, 0.6) is 0 Å². The van der Waals surface area contributed by atoms with Crippen LogP contribution in [0.3, 0.4) is 0 Å². The van der Waals surface area contributed by atoms with Crippen molar-refractivity contribution in [1.82, 2.24) is 10.2 Å². The number of carbonyl (C=O) groups is 3. The van der Waals surface area contributed by atoms with Crippen LogP contribution in [0, 0.1) is 10.1 Å². The Morgan fingerprint density at radius 2 is 1.79 bits per heavy atom. The molecule has 0 saturated heterocycles. The summed E-state index contributed by atoms with van der Waals surface area (Å²) in [5.74, 6) is -1.32. The zero-order chi connectivity index (χ0) is 31.5. The first kappa shape index (κ1) is 35.2. The van der Waals surface area contributed by atoms with Crippen LogP contribution in [0.2, 0.25) is 0 Å². The second kappa shape index (κ2) is 20.0. The molecule has 1 N–H and O–H groups in total. The Kier molecular flexibility index (Phi) is 16.4. The number of hydrogen-bond acceptors (Lipinski definition) is 9. The molecule has 2 rings (SSSR count). The van der Waals surface area contributed by atoms with Crippen molar-refractivity contribution in [1.29, 1.82) is 0 Å². The van der Waals surface area contributed by atoms with Gasteiger partial charge in [-0.1, -0.05) is 71.9 Å². The van der Waals surface area contributed by atoms with Crippen LogP contribution >= 0.6 is 0 Å². The molecule has 11 heteroatoms. The van der Waals surface area contributed by atoms with Crippen LogP contribution in [0.25, 0.3) is 0 Å². The molecular weight excluding hydrogens is 554 g/mol. The Morgan fingerprint density at radius 3 is 2.53 bits per heavy atom. The van der Waals surface area contributed by atoms with E-state index in [4.69, 9.17) is 9.47 Å². The molecule has 3 atom stereocenters. The van der Waals surface area contributed by atoms with Gasteiger partial charge < -0.3 is 19.2 Å². The van der Waals surface area contributed by atoms with E-state index >= 15 is 0 Å². The number of nitrogens with zero attached hydrogens (tertiary/aromatic N) is 2. The van der Waals surface area contributed by atoms with Gasteiger partial charge in [0, 0.05) is 13.0 Å². The summed E-state index contributed by atoms with van der Waals surface area (Å²) in [6.45, 7) is 5.63. The zero-order valence-corrected chi connectivity index (χ0v) is 25.4. The number of amides is 1. The molecule has 0 saturated carbocycles. The lowest BCUT2D eigenvalue weighted by atomic mass is 10.0. The van der Waals surface area contributed by atoms with Crippen LogP contribution in [-0.4, -0.2) is 72.3 Å². The predicted octanol–water partition coefficient (Wildman–Crippen LogP) is 4.70. The molecule has 3 unspecified atom stereocenters. The van der Waals surface area contributed by atoms with Gasteiger partial charge in [0.25, 0.3) is 5.09 Å². The highest BCUT2D eigenvalue weighted by atomic mass is 16.9. The largest absolute Gasteiger partial charge is 0.465 e. The van der Waals surface area contributed by atoms with Crippen LogP contribution in [0.1, 0.15) is 65.7 Å². The Labute approximate surface area is 254 Å². The fourth-order valence-electron chi connectivity index (χ4n) is 4.74. The Balaban J connectivity index is 2.15. The summed E-state index contributed by atoms with van der Waals surface area (Å²) in [4.78, 5) is 56.2. The van der Waals surface area contributed by atoms with Crippen LogP contribution in [0.15, 0.2) is 71.9 Å². The molecule has 1 amide bonds. The third-order valence-electron chi connectivity index (χ3n) is 6.97. The highest BCUT2D eigenvalue weighted by Gasteiger charge is 2.34. The van der Waals surface area contributed by atoms with Gasteiger partial charge in [0.05, 0.1) is 25.9 Å². The van der Waals surface area contributed by atoms with Crippen molar-refractivity contribution < 1.29 is 33.8 Å². The maximum Gasteiger partial charge on any atom is 0.329 e. The van der Waals surface area contributed by atoms with E-state index in [0.717, 1.165) is 17.6 Å². The number of rotatable bonds is 19. The standard InChI is InChI=1S/C32H45N3O8/c1-4-34(29(24-27-18-12-8-9-13-19-27)32(38)42-22-14-15-23-43-35(39)40)30(36)25(3)33-28(31(37)41-5-2)21-20-26-16-10-6-7-11-17-26/h6-10,12-13,16-18,25,28-29,33H,4-5,11,14-15,19-24H2,1-3H3. The fraction of sp³-hybridized carbons (Fsp3) is 0.531. The van der Waals surface area contributed by atoms with E-state index in [1.54, 1.807) is 20.8 Å². The maximum absolute atomic E-state index is 13.8. The molecule has 2 aliphatic carbocycles. The normalized spacial score (nSPS) is 16.2. The Bertz CT molecular complexity index is 1120. The third-order valence-corrected chi connectivity index (χ3v) is 6.97. The second-order valence-corrected chi connectivity index (χ2v) is 10.2. The van der Waals surface area contributed by atoms with Crippen molar-refractivity contribution in [2.75, 3.05) is 26.4 Å². The fourth-order valence-corrected chi connectivity index (χ4v) is 4.74. The average molecular weight is 600 g/mol. The Hall–Kier alpha value is -3.99. The van der Waals surface area contributed by atoms with E-state index in [-0.39, 0.29) is 38.7 Å². The lowest BCUT2D eigenvalue weighted by Crippen LogP contribution is -2.55. The van der Waals surface area contributed by atoms with Gasteiger partial charge >= 0.3 is 11.9 Å². The van der Waals surface area contributed by atoms with Crippen molar-refractivity contribution in [3.05, 3.63) is 82.0 Å². The van der Waals surface area contributed by atoms with Crippen molar-refractivity contribution in [3.63, 3.8) is 0 Å². The zero-order valence-electron chi connectivity index (χ0n) is 25.4. The van der Waals surface area contributed by atoms with Gasteiger partial charge in [0.15, 0.2) is 0 Å². The van der Waals surface area contributed by atoms with E-state index in [9.17, 15) is 24.5 Å². The molecule has 0 aromatic rings. The number of esters is 2. The lowest BCUT2D eigenvalue weighted by Gasteiger charge is -2.33. The minimum atomic E-state index is -0.891. The average Bonchev–Trinajstić information content (AvgIpc) is 3.41. The molecule has 0 fully saturated rings. The molecular formula is C32H45N3O8. The van der Waals surface area contributed by atoms with Gasteiger partial charge in [-0.15, -0.1) is 10.1 Å². The topological polar surface area (TPSA) is 137 Å². The Morgan fingerprint density at radius 1 is 1.02 bits per heavy atom. The summed E-state index contributed by atoms with van der Waals surface area (Å²) >= 11 is 0. The molecule has 0 aliphatic heterocycles. The van der Waals surface area contributed by atoms with E-state index in [2.05, 4.69) is 22.3 Å². The van der Waals surface area contributed by atoms with Gasteiger partial charge in [-0.25, -0.2) is 4.79 Å². The van der Waals surface area contributed by atoms with E-state index < -0.39 is 35.2 Å². The number of ether oxygens (including phenoxy) is 2. The summed E-state index contributed by atoms with van der Waals surface area (Å²) in [6.07, 6.45) is 23.2. The number of unbranched alkanes of at least 4 members (excludes halogenated alkanes) is 1. The quantitative estimate of drug-likeness (QED) is 0.0969. The number of nitrogens with one attached hydrogen (secondary N) is 1. The number of carbonyl (C=O) groups excluding carboxylic acids is 3. The monoisotopic (exact) mass is 599 g/mol. The maximum atomic E-state index is 13.8. The van der Waals surface area contributed by atoms with Crippen molar-refractivity contribution >= 4 is 17.8 Å². The summed E-state index contributed by atoms with van der Waals surface area (Å²) in [5.41, 5.74) is 2.06. The highest BCUT2D eigenvalue weighted by molar-refractivity contribution is 5.88. The van der Waals surface area contributed by atoms with Crippen molar-refractivity contribution in [3.8, 4) is 0 Å². The predicted molar refractivity (Wildman–Crippen MR) is 163 cm³/mol. The SMILES string of the molecule is CCOC(=O)C(CCC1=CCC=CC=C1)NC(C)C(=O)N(CC)C(CC1=CC=CC=CC1)C(=O)OCCCCO[N+](=O)[O-]. The highest BCUT2D eigenvalue weighted by Crippen LogP contribution is 2.21. The molecule has 0 bridgehead atoms. The molecule has 0 aromatic heterocycles. The number of allylic oxidation sites excluding steroid dienone is 11. The summed E-state index contributed by atoms with van der Waals surface area (Å²) < 4.78 is 10.8. The summed E-state index contributed by atoms with van der Waals surface area (Å²) in [5, 5.41) is 12.6.